The number of rotatable bonds is 4. The van der Waals surface area contributed by atoms with Gasteiger partial charge >= 0.3 is 0 Å². The molecule has 0 heterocycles. The summed E-state index contributed by atoms with van der Waals surface area (Å²) in [7, 11) is 0. The van der Waals surface area contributed by atoms with Crippen LogP contribution in [0.4, 0.5) is 4.39 Å². The molecule has 0 saturated heterocycles. The number of carbonyl (C=O) groups excluding carboxylic acids is 1. The molecule has 1 aliphatic carbocycles. The van der Waals surface area contributed by atoms with Gasteiger partial charge in [0.15, 0.2) is 0 Å². The molecule has 3 atom stereocenters. The Bertz CT molecular complexity index is 711. The Morgan fingerprint density at radius 2 is 1.85 bits per heavy atom. The maximum absolute atomic E-state index is 13.7. The van der Waals surface area contributed by atoms with Crippen LogP contribution in [0.1, 0.15) is 42.9 Å². The van der Waals surface area contributed by atoms with Gasteiger partial charge in [-0.3, -0.25) is 4.79 Å². The standard InChI is InChI=1S/C20H22ClFN2O.ClH/c21-16-7-1-4-13(10-16)19(14-5-2-8-17(22)11-14)24-20(25)15-6-3-9-18(23)12-15;/h1-2,4-5,7-8,10-11,15,18-19H,3,6,9,12,23H2,(H,24,25);1H. The zero-order valence-corrected chi connectivity index (χ0v) is 15.9. The molecule has 1 amide bonds. The van der Waals surface area contributed by atoms with Crippen molar-refractivity contribution in [2.45, 2.75) is 37.8 Å². The van der Waals surface area contributed by atoms with Crippen LogP contribution in [0.25, 0.3) is 0 Å². The zero-order valence-electron chi connectivity index (χ0n) is 14.3. The number of nitrogens with one attached hydrogen (secondary N) is 1. The number of hydrogen-bond acceptors (Lipinski definition) is 2. The van der Waals surface area contributed by atoms with Crippen molar-refractivity contribution < 1.29 is 9.18 Å². The predicted octanol–water partition coefficient (Wildman–Crippen LogP) is 4.62. The SMILES string of the molecule is Cl.NC1CCCC(C(=O)NC(c2cccc(F)c2)c2cccc(Cl)c2)C1. The van der Waals surface area contributed by atoms with Gasteiger partial charge < -0.3 is 11.1 Å². The number of nitrogens with two attached hydrogens (primary N) is 1. The van der Waals surface area contributed by atoms with Gasteiger partial charge in [0.2, 0.25) is 5.91 Å². The molecule has 0 aromatic heterocycles. The zero-order chi connectivity index (χ0) is 17.8. The molecule has 1 fully saturated rings. The lowest BCUT2D eigenvalue weighted by Crippen LogP contribution is -2.39. The highest BCUT2D eigenvalue weighted by Gasteiger charge is 2.28. The molecule has 140 valence electrons. The lowest BCUT2D eigenvalue weighted by atomic mass is 9.85. The van der Waals surface area contributed by atoms with Crippen molar-refractivity contribution in [1.82, 2.24) is 5.32 Å². The number of benzene rings is 2. The summed E-state index contributed by atoms with van der Waals surface area (Å²) in [5.41, 5.74) is 7.52. The highest BCUT2D eigenvalue weighted by atomic mass is 35.5. The molecule has 2 aromatic rings. The summed E-state index contributed by atoms with van der Waals surface area (Å²) < 4.78 is 13.7. The van der Waals surface area contributed by atoms with Gasteiger partial charge in [0.25, 0.3) is 0 Å². The lowest BCUT2D eigenvalue weighted by Gasteiger charge is -2.28. The molecular formula is C20H23Cl2FN2O. The molecule has 2 aromatic carbocycles. The maximum Gasteiger partial charge on any atom is 0.223 e. The van der Waals surface area contributed by atoms with Crippen molar-refractivity contribution in [2.24, 2.45) is 11.7 Å². The fraction of sp³-hybridized carbons (Fsp3) is 0.350. The molecule has 0 spiro atoms. The van der Waals surface area contributed by atoms with Crippen LogP contribution in [0.2, 0.25) is 5.02 Å². The highest BCUT2D eigenvalue weighted by Crippen LogP contribution is 2.28. The first-order valence-corrected chi connectivity index (χ1v) is 8.97. The number of hydrogen-bond donors (Lipinski definition) is 2. The average molecular weight is 397 g/mol. The largest absolute Gasteiger partial charge is 0.345 e. The fourth-order valence-corrected chi connectivity index (χ4v) is 3.66. The van der Waals surface area contributed by atoms with E-state index in [1.54, 1.807) is 18.2 Å². The fourth-order valence-electron chi connectivity index (χ4n) is 3.46. The predicted molar refractivity (Wildman–Crippen MR) is 105 cm³/mol. The van der Waals surface area contributed by atoms with E-state index in [1.165, 1.54) is 12.1 Å². The Balaban J connectivity index is 0.00000243. The van der Waals surface area contributed by atoms with Crippen molar-refractivity contribution >= 4 is 29.9 Å². The number of amides is 1. The Morgan fingerprint density at radius 1 is 1.15 bits per heavy atom. The molecule has 6 heteroatoms. The van der Waals surface area contributed by atoms with Crippen LogP contribution in [0.15, 0.2) is 48.5 Å². The van der Waals surface area contributed by atoms with Gasteiger partial charge in [-0.05, 0) is 54.7 Å². The Morgan fingerprint density at radius 3 is 2.50 bits per heavy atom. The van der Waals surface area contributed by atoms with E-state index in [1.807, 2.05) is 18.2 Å². The summed E-state index contributed by atoms with van der Waals surface area (Å²) in [6, 6.07) is 13.2. The molecule has 0 radical (unpaired) electrons. The molecule has 0 aliphatic heterocycles. The summed E-state index contributed by atoms with van der Waals surface area (Å²) in [6.07, 6.45) is 3.45. The Kier molecular flexibility index (Phi) is 7.44. The third kappa shape index (κ3) is 5.19. The second kappa shape index (κ2) is 9.36. The first kappa shape index (κ1) is 20.7. The second-order valence-electron chi connectivity index (χ2n) is 6.68. The van der Waals surface area contributed by atoms with Crippen LogP contribution in [0, 0.1) is 11.7 Å². The summed E-state index contributed by atoms with van der Waals surface area (Å²) in [5, 5.41) is 3.65. The van der Waals surface area contributed by atoms with Gasteiger partial charge in [-0.25, -0.2) is 4.39 Å². The normalized spacial score (nSPS) is 20.7. The van der Waals surface area contributed by atoms with Crippen LogP contribution >= 0.6 is 24.0 Å². The van der Waals surface area contributed by atoms with E-state index in [0.717, 1.165) is 24.8 Å². The summed E-state index contributed by atoms with van der Waals surface area (Å²) in [5.74, 6) is -0.471. The Hall–Kier alpha value is -1.62. The lowest BCUT2D eigenvalue weighted by molar-refractivity contribution is -0.126. The van der Waals surface area contributed by atoms with E-state index in [-0.39, 0.29) is 36.1 Å². The smallest absolute Gasteiger partial charge is 0.223 e. The van der Waals surface area contributed by atoms with Crippen molar-refractivity contribution in [3.8, 4) is 0 Å². The average Bonchev–Trinajstić information content (AvgIpc) is 2.59. The van der Waals surface area contributed by atoms with Crippen LogP contribution in [-0.4, -0.2) is 11.9 Å². The monoisotopic (exact) mass is 396 g/mol. The minimum Gasteiger partial charge on any atom is -0.345 e. The highest BCUT2D eigenvalue weighted by molar-refractivity contribution is 6.30. The second-order valence-corrected chi connectivity index (χ2v) is 7.11. The first-order valence-electron chi connectivity index (χ1n) is 8.60. The van der Waals surface area contributed by atoms with Gasteiger partial charge in [-0.1, -0.05) is 42.3 Å². The van der Waals surface area contributed by atoms with Crippen LogP contribution in [0.5, 0.6) is 0 Å². The first-order chi connectivity index (χ1) is 12.0. The van der Waals surface area contributed by atoms with Gasteiger partial charge in [0.1, 0.15) is 5.82 Å². The van der Waals surface area contributed by atoms with Crippen molar-refractivity contribution in [1.29, 1.82) is 0 Å². The van der Waals surface area contributed by atoms with Gasteiger partial charge in [0.05, 0.1) is 6.04 Å². The molecule has 1 aliphatic rings. The molecule has 3 nitrogen and oxygen atoms in total. The minimum absolute atomic E-state index is 0. The number of carbonyl (C=O) groups is 1. The third-order valence-electron chi connectivity index (χ3n) is 4.74. The van der Waals surface area contributed by atoms with Crippen LogP contribution in [0.3, 0.4) is 0 Å². The third-order valence-corrected chi connectivity index (χ3v) is 4.97. The van der Waals surface area contributed by atoms with E-state index in [9.17, 15) is 9.18 Å². The molecule has 3 unspecified atom stereocenters. The van der Waals surface area contributed by atoms with E-state index < -0.39 is 6.04 Å². The van der Waals surface area contributed by atoms with Crippen molar-refractivity contribution in [2.75, 3.05) is 0 Å². The molecule has 26 heavy (non-hydrogen) atoms. The summed E-state index contributed by atoms with van der Waals surface area (Å²) >= 11 is 6.11. The van der Waals surface area contributed by atoms with Crippen LogP contribution in [-0.2, 0) is 4.79 Å². The van der Waals surface area contributed by atoms with E-state index in [2.05, 4.69) is 5.32 Å². The summed E-state index contributed by atoms with van der Waals surface area (Å²) in [4.78, 5) is 12.8. The minimum atomic E-state index is -0.444. The topological polar surface area (TPSA) is 55.1 Å². The molecule has 3 N–H and O–H groups in total. The van der Waals surface area contributed by atoms with Crippen LogP contribution < -0.4 is 11.1 Å². The van der Waals surface area contributed by atoms with Crippen molar-refractivity contribution in [3.63, 3.8) is 0 Å². The van der Waals surface area contributed by atoms with E-state index >= 15 is 0 Å². The molecular weight excluding hydrogens is 374 g/mol. The van der Waals surface area contributed by atoms with Gasteiger partial charge in [-0.2, -0.15) is 0 Å². The van der Waals surface area contributed by atoms with E-state index in [4.69, 9.17) is 17.3 Å². The maximum atomic E-state index is 13.7. The molecule has 0 bridgehead atoms. The number of halogens is 3. The van der Waals surface area contributed by atoms with E-state index in [0.29, 0.717) is 17.0 Å². The Labute approximate surface area is 164 Å². The van der Waals surface area contributed by atoms with Gasteiger partial charge in [0, 0.05) is 17.0 Å². The van der Waals surface area contributed by atoms with Crippen molar-refractivity contribution in [3.05, 3.63) is 70.5 Å². The van der Waals surface area contributed by atoms with Gasteiger partial charge in [-0.15, -0.1) is 12.4 Å². The quantitative estimate of drug-likeness (QED) is 0.791. The summed E-state index contributed by atoms with van der Waals surface area (Å²) in [6.45, 7) is 0. The molecule has 3 rings (SSSR count). The molecule has 1 saturated carbocycles.